The van der Waals surface area contributed by atoms with Crippen molar-refractivity contribution >= 4 is 19.3 Å². The molecule has 3 N–H and O–H groups in total. The van der Waals surface area contributed by atoms with Crippen LogP contribution in [0.1, 0.15) is 25.8 Å². The Kier molecular flexibility index (Phi) is 9.42. The molecule has 0 aliphatic carbocycles. The molecule has 14 heteroatoms. The molecule has 3 rings (SSSR count). The van der Waals surface area contributed by atoms with Crippen molar-refractivity contribution in [1.29, 1.82) is 5.26 Å². The second-order valence-corrected chi connectivity index (χ2v) is 9.81. The SMILES string of the molecule is CC(C)(C=C(C#N)C(=O)N1C[C@H](OC(=O)N[C@@H](Cc2ccccc2)OB(O)O)[C@@H](F)C1)N1CCC(F)(F)C1. The molecule has 0 aromatic heterocycles. The minimum atomic E-state index is -2.86. The van der Waals surface area contributed by atoms with Crippen molar-refractivity contribution < 1.29 is 42.2 Å². The number of nitrogens with one attached hydrogen (secondary N) is 1. The normalized spacial score (nSPS) is 22.6. The van der Waals surface area contributed by atoms with Gasteiger partial charge in [-0.3, -0.25) is 15.0 Å². The summed E-state index contributed by atoms with van der Waals surface area (Å²) in [5.41, 5.74) is -0.664. The molecule has 1 aromatic rings. The van der Waals surface area contributed by atoms with Gasteiger partial charge in [0.15, 0.2) is 12.3 Å². The van der Waals surface area contributed by atoms with Gasteiger partial charge in [-0.15, -0.1) is 0 Å². The van der Waals surface area contributed by atoms with E-state index in [2.05, 4.69) is 5.32 Å². The van der Waals surface area contributed by atoms with E-state index in [-0.39, 0.29) is 31.5 Å². The van der Waals surface area contributed by atoms with Gasteiger partial charge < -0.3 is 24.3 Å². The molecule has 1 aromatic carbocycles. The molecule has 2 heterocycles. The highest BCUT2D eigenvalue weighted by atomic mass is 19.3. The Labute approximate surface area is 218 Å². The minimum Gasteiger partial charge on any atom is -0.441 e. The van der Waals surface area contributed by atoms with Gasteiger partial charge in [-0.2, -0.15) is 5.26 Å². The molecule has 2 amide bonds. The highest BCUT2D eigenvalue weighted by Gasteiger charge is 2.44. The Hall–Kier alpha value is -3.12. The number of likely N-dealkylation sites (tertiary alicyclic amines) is 2. The molecule has 0 bridgehead atoms. The van der Waals surface area contributed by atoms with Crippen LogP contribution < -0.4 is 5.32 Å². The average molecular weight is 538 g/mol. The van der Waals surface area contributed by atoms with E-state index in [1.807, 2.05) is 0 Å². The lowest BCUT2D eigenvalue weighted by Gasteiger charge is -2.33. The number of hydrogen-bond donors (Lipinski definition) is 3. The Balaban J connectivity index is 1.61. The molecular formula is C24H30BF3N4O6. The zero-order valence-electron chi connectivity index (χ0n) is 21.0. The maximum absolute atomic E-state index is 14.7. The van der Waals surface area contributed by atoms with Gasteiger partial charge >= 0.3 is 13.4 Å². The highest BCUT2D eigenvalue weighted by Crippen LogP contribution is 2.33. The van der Waals surface area contributed by atoms with Crippen LogP contribution in [0.4, 0.5) is 18.0 Å². The first-order chi connectivity index (χ1) is 17.8. The Bertz CT molecular complexity index is 1070. The Morgan fingerprint density at radius 2 is 2.00 bits per heavy atom. The number of alkyl carbamates (subject to hydrolysis) is 1. The molecule has 38 heavy (non-hydrogen) atoms. The minimum absolute atomic E-state index is 0.0525. The zero-order valence-corrected chi connectivity index (χ0v) is 21.0. The third kappa shape index (κ3) is 7.94. The van der Waals surface area contributed by atoms with E-state index in [0.29, 0.717) is 5.56 Å². The van der Waals surface area contributed by atoms with Gasteiger partial charge in [-0.1, -0.05) is 30.3 Å². The summed E-state index contributed by atoms with van der Waals surface area (Å²) in [5.74, 6) is -3.67. The van der Waals surface area contributed by atoms with Crippen molar-refractivity contribution in [2.75, 3.05) is 26.2 Å². The number of amides is 2. The summed E-state index contributed by atoms with van der Waals surface area (Å²) in [6.07, 6.45) is -4.43. The lowest BCUT2D eigenvalue weighted by molar-refractivity contribution is -0.126. The maximum atomic E-state index is 14.7. The van der Waals surface area contributed by atoms with E-state index in [0.717, 1.165) is 4.90 Å². The van der Waals surface area contributed by atoms with Gasteiger partial charge in [0.2, 0.25) is 0 Å². The van der Waals surface area contributed by atoms with Crippen LogP contribution in [0.5, 0.6) is 0 Å². The summed E-state index contributed by atoms with van der Waals surface area (Å²) >= 11 is 0. The second-order valence-electron chi connectivity index (χ2n) is 9.81. The van der Waals surface area contributed by atoms with Crippen LogP contribution in [0.25, 0.3) is 0 Å². The van der Waals surface area contributed by atoms with Crippen molar-refractivity contribution in [3.63, 3.8) is 0 Å². The van der Waals surface area contributed by atoms with Crippen LogP contribution in [-0.4, -0.2) is 95.3 Å². The summed E-state index contributed by atoms with van der Waals surface area (Å²) in [6.45, 7) is 2.00. The van der Waals surface area contributed by atoms with E-state index >= 15 is 0 Å². The molecule has 3 atom stereocenters. The monoisotopic (exact) mass is 538 g/mol. The largest absolute Gasteiger partial charge is 0.635 e. The summed E-state index contributed by atoms with van der Waals surface area (Å²) < 4.78 is 52.0. The predicted molar refractivity (Wildman–Crippen MR) is 129 cm³/mol. The van der Waals surface area contributed by atoms with Crippen molar-refractivity contribution in [3.05, 3.63) is 47.5 Å². The smallest absolute Gasteiger partial charge is 0.441 e. The van der Waals surface area contributed by atoms with Crippen LogP contribution >= 0.6 is 0 Å². The standard InChI is InChI=1S/C24H30BF3N4O6/c1-23(2,32-9-8-24(27,28)15-32)11-17(12-29)21(33)31-13-18(26)19(14-31)37-22(34)30-20(38-25(35)36)10-16-6-4-3-5-7-16/h3-7,11,18-20,35-36H,8-10,13-15H2,1-2H3,(H,30,34)/t18-,19-,20+/m0/s1. The molecule has 0 unspecified atom stereocenters. The van der Waals surface area contributed by atoms with Crippen LogP contribution in [-0.2, 0) is 20.6 Å². The molecule has 0 spiro atoms. The number of rotatable bonds is 9. The van der Waals surface area contributed by atoms with Crippen molar-refractivity contribution in [1.82, 2.24) is 15.1 Å². The summed E-state index contributed by atoms with van der Waals surface area (Å²) in [4.78, 5) is 27.8. The highest BCUT2D eigenvalue weighted by molar-refractivity contribution is 6.32. The van der Waals surface area contributed by atoms with Gasteiger partial charge in [-0.25, -0.2) is 18.0 Å². The topological polar surface area (TPSA) is 135 Å². The van der Waals surface area contributed by atoms with Crippen LogP contribution in [0.2, 0.25) is 0 Å². The number of hydrogen-bond acceptors (Lipinski definition) is 8. The van der Waals surface area contributed by atoms with Gasteiger partial charge in [0, 0.05) is 24.9 Å². The van der Waals surface area contributed by atoms with Crippen LogP contribution in [0, 0.1) is 11.3 Å². The molecule has 2 saturated heterocycles. The number of halogens is 3. The fourth-order valence-electron chi connectivity index (χ4n) is 4.41. The van der Waals surface area contributed by atoms with E-state index in [1.54, 1.807) is 50.2 Å². The third-order valence-electron chi connectivity index (χ3n) is 6.41. The maximum Gasteiger partial charge on any atom is 0.635 e. The van der Waals surface area contributed by atoms with Crippen LogP contribution in [0.3, 0.4) is 0 Å². The quantitative estimate of drug-likeness (QED) is 0.186. The lowest BCUT2D eigenvalue weighted by atomic mass is 9.99. The number of benzene rings is 1. The Morgan fingerprint density at radius 3 is 2.58 bits per heavy atom. The third-order valence-corrected chi connectivity index (χ3v) is 6.41. The number of alkyl halides is 3. The molecule has 10 nitrogen and oxygen atoms in total. The molecule has 0 radical (unpaired) electrons. The van der Waals surface area contributed by atoms with Gasteiger partial charge in [0.05, 0.1) is 19.6 Å². The van der Waals surface area contributed by atoms with E-state index in [1.165, 1.54) is 11.0 Å². The summed E-state index contributed by atoms with van der Waals surface area (Å²) in [7, 11) is -2.19. The van der Waals surface area contributed by atoms with Crippen LogP contribution in [0.15, 0.2) is 42.0 Å². The predicted octanol–water partition coefficient (Wildman–Crippen LogP) is 1.39. The van der Waals surface area contributed by atoms with Gasteiger partial charge in [-0.05, 0) is 25.5 Å². The molecule has 2 fully saturated rings. The molecule has 2 aliphatic heterocycles. The zero-order chi connectivity index (χ0) is 28.1. The van der Waals surface area contributed by atoms with Crippen molar-refractivity contribution in [3.8, 4) is 6.07 Å². The number of nitriles is 1. The van der Waals surface area contributed by atoms with E-state index in [4.69, 9.17) is 19.4 Å². The number of carbonyl (C=O) groups excluding carboxylic acids is 2. The summed E-state index contributed by atoms with van der Waals surface area (Å²) in [6, 6.07) is 10.5. The average Bonchev–Trinajstić information content (AvgIpc) is 3.39. The fraction of sp³-hybridized carbons (Fsp3) is 0.542. The van der Waals surface area contributed by atoms with Crippen molar-refractivity contribution in [2.45, 2.75) is 56.7 Å². The first-order valence-electron chi connectivity index (χ1n) is 12.0. The Morgan fingerprint density at radius 1 is 1.32 bits per heavy atom. The fourth-order valence-corrected chi connectivity index (χ4v) is 4.41. The first kappa shape index (κ1) is 29.4. The van der Waals surface area contributed by atoms with E-state index < -0.39 is 62.4 Å². The lowest BCUT2D eigenvalue weighted by Crippen LogP contribution is -2.44. The first-order valence-corrected chi connectivity index (χ1v) is 12.0. The number of nitrogens with zero attached hydrogens (tertiary/aromatic N) is 3. The molecule has 206 valence electrons. The summed E-state index contributed by atoms with van der Waals surface area (Å²) in [5, 5.41) is 30.1. The molecule has 0 saturated carbocycles. The van der Waals surface area contributed by atoms with Gasteiger partial charge in [0.1, 0.15) is 17.9 Å². The molecule has 2 aliphatic rings. The second kappa shape index (κ2) is 12.2. The number of carbonyl (C=O) groups is 2. The van der Waals surface area contributed by atoms with E-state index in [9.17, 15) is 28.0 Å². The van der Waals surface area contributed by atoms with Gasteiger partial charge in [0.25, 0.3) is 11.8 Å². The number of ether oxygens (including phenoxy) is 1. The van der Waals surface area contributed by atoms with Crippen molar-refractivity contribution in [2.24, 2.45) is 0 Å². The molecular weight excluding hydrogens is 508 g/mol.